The van der Waals surface area contributed by atoms with E-state index in [1.165, 1.54) is 12.1 Å². The van der Waals surface area contributed by atoms with Crippen LogP contribution >= 0.6 is 0 Å². The van der Waals surface area contributed by atoms with E-state index in [0.29, 0.717) is 11.4 Å². The minimum absolute atomic E-state index is 0.265. The number of hydrogen-bond acceptors (Lipinski definition) is 2. The van der Waals surface area contributed by atoms with Gasteiger partial charge in [0.1, 0.15) is 5.82 Å². The zero-order valence-electron chi connectivity index (χ0n) is 10.6. The fourth-order valence-electron chi connectivity index (χ4n) is 2.46. The first-order valence-electron chi connectivity index (χ1n) is 5.77. The second-order valence-corrected chi connectivity index (χ2v) is 4.80. The van der Waals surface area contributed by atoms with Crippen LogP contribution in [-0.2, 0) is 0 Å². The monoisotopic (exact) mass is 232 g/mol. The molecule has 1 heterocycles. The molecule has 90 valence electrons. The summed E-state index contributed by atoms with van der Waals surface area (Å²) in [6, 6.07) is 2.94. The lowest BCUT2D eigenvalue weighted by molar-refractivity contribution is 0.628. The van der Waals surface area contributed by atoms with Crippen LogP contribution in [0.3, 0.4) is 0 Å². The predicted octanol–water partition coefficient (Wildman–Crippen LogP) is 3.70. The molecular weight excluding hydrogens is 215 g/mol. The normalized spacial score (nSPS) is 11.4. The number of hydrogen-bond donors (Lipinski definition) is 1. The van der Waals surface area contributed by atoms with Gasteiger partial charge in [0.05, 0.1) is 5.52 Å². The minimum Gasteiger partial charge on any atom is -0.398 e. The number of nitrogens with two attached hydrogens (primary N) is 1. The zero-order chi connectivity index (χ0) is 12.7. The van der Waals surface area contributed by atoms with E-state index < -0.39 is 0 Å². The van der Waals surface area contributed by atoms with Gasteiger partial charge in [-0.2, -0.15) is 0 Å². The number of aromatic nitrogens is 1. The van der Waals surface area contributed by atoms with Crippen molar-refractivity contribution in [3.8, 4) is 0 Å². The summed E-state index contributed by atoms with van der Waals surface area (Å²) in [6.45, 7) is 7.96. The van der Waals surface area contributed by atoms with Gasteiger partial charge in [-0.3, -0.25) is 4.98 Å². The van der Waals surface area contributed by atoms with Crippen LogP contribution in [0.2, 0.25) is 0 Å². The van der Waals surface area contributed by atoms with Gasteiger partial charge >= 0.3 is 0 Å². The van der Waals surface area contributed by atoms with Crippen molar-refractivity contribution in [3.05, 3.63) is 34.8 Å². The van der Waals surface area contributed by atoms with Gasteiger partial charge in [0.25, 0.3) is 0 Å². The Bertz CT molecular complexity index is 589. The molecule has 2 aromatic rings. The van der Waals surface area contributed by atoms with Gasteiger partial charge in [-0.15, -0.1) is 0 Å². The Labute approximate surface area is 101 Å². The molecule has 0 radical (unpaired) electrons. The van der Waals surface area contributed by atoms with E-state index in [2.05, 4.69) is 18.8 Å². The second-order valence-electron chi connectivity index (χ2n) is 4.80. The molecule has 1 aromatic carbocycles. The molecule has 0 bridgehead atoms. The number of nitrogen functional groups attached to an aromatic ring is 1. The molecule has 2 rings (SSSR count). The van der Waals surface area contributed by atoms with E-state index in [1.807, 2.05) is 13.8 Å². The first-order chi connectivity index (χ1) is 7.91. The highest BCUT2D eigenvalue weighted by Gasteiger charge is 2.15. The number of halogens is 1. The lowest BCUT2D eigenvalue weighted by atomic mass is 9.95. The topological polar surface area (TPSA) is 38.9 Å². The molecule has 2 N–H and O–H groups in total. The maximum Gasteiger partial charge on any atom is 0.125 e. The first kappa shape index (κ1) is 11.8. The summed E-state index contributed by atoms with van der Waals surface area (Å²) in [4.78, 5) is 4.46. The summed E-state index contributed by atoms with van der Waals surface area (Å²) < 4.78 is 13.3. The molecule has 0 saturated heterocycles. The lowest BCUT2D eigenvalue weighted by Gasteiger charge is -2.16. The van der Waals surface area contributed by atoms with Crippen molar-refractivity contribution < 1.29 is 4.39 Å². The molecule has 0 saturated carbocycles. The molecule has 0 aliphatic rings. The Morgan fingerprint density at radius 2 is 1.88 bits per heavy atom. The van der Waals surface area contributed by atoms with Crippen molar-refractivity contribution in [2.45, 2.75) is 33.6 Å². The highest BCUT2D eigenvalue weighted by atomic mass is 19.1. The average molecular weight is 232 g/mol. The summed E-state index contributed by atoms with van der Waals surface area (Å²) in [5.74, 6) is 0.0509. The van der Waals surface area contributed by atoms with Crippen molar-refractivity contribution in [3.63, 3.8) is 0 Å². The average Bonchev–Trinajstić information content (AvgIpc) is 2.13. The van der Waals surface area contributed by atoms with Crippen LogP contribution in [0, 0.1) is 19.7 Å². The van der Waals surface area contributed by atoms with Crippen LogP contribution in [0.5, 0.6) is 0 Å². The highest BCUT2D eigenvalue weighted by Crippen LogP contribution is 2.33. The minimum atomic E-state index is -0.265. The van der Waals surface area contributed by atoms with Gasteiger partial charge in [-0.25, -0.2) is 4.39 Å². The van der Waals surface area contributed by atoms with Crippen LogP contribution in [0.15, 0.2) is 12.1 Å². The molecule has 1 aromatic heterocycles. The smallest absolute Gasteiger partial charge is 0.125 e. The Balaban J connectivity index is 2.92. The standard InChI is InChI=1S/C14H17FN2/c1-7(2)12-9(4)17-11-6-10(15)5-8(3)13(11)14(12)16/h5-7H,1-4H3,(H2,16,17). The van der Waals surface area contributed by atoms with Gasteiger partial charge in [-0.1, -0.05) is 13.8 Å². The van der Waals surface area contributed by atoms with Crippen molar-refractivity contribution >= 4 is 16.6 Å². The molecule has 0 atom stereocenters. The summed E-state index contributed by atoms with van der Waals surface area (Å²) in [6.07, 6.45) is 0. The molecule has 0 unspecified atom stereocenters. The third-order valence-corrected chi connectivity index (χ3v) is 3.09. The second kappa shape index (κ2) is 3.99. The summed E-state index contributed by atoms with van der Waals surface area (Å²) in [5, 5.41) is 0.876. The number of rotatable bonds is 1. The molecule has 0 aliphatic heterocycles. The van der Waals surface area contributed by atoms with Crippen LogP contribution in [0.1, 0.15) is 36.6 Å². The van der Waals surface area contributed by atoms with Crippen molar-refractivity contribution in [1.82, 2.24) is 4.98 Å². The molecule has 0 aliphatic carbocycles. The summed E-state index contributed by atoms with van der Waals surface area (Å²) in [7, 11) is 0. The molecule has 0 amide bonds. The summed E-state index contributed by atoms with van der Waals surface area (Å²) >= 11 is 0. The van der Waals surface area contributed by atoms with Crippen LogP contribution in [0.4, 0.5) is 10.1 Å². The molecule has 3 heteroatoms. The summed E-state index contributed by atoms with van der Waals surface area (Å²) in [5.41, 5.74) is 10.4. The fraction of sp³-hybridized carbons (Fsp3) is 0.357. The SMILES string of the molecule is Cc1nc2cc(F)cc(C)c2c(N)c1C(C)C. The van der Waals surface area contributed by atoms with E-state index in [9.17, 15) is 4.39 Å². The predicted molar refractivity (Wildman–Crippen MR) is 69.7 cm³/mol. The highest BCUT2D eigenvalue weighted by molar-refractivity contribution is 5.95. The number of fused-ring (bicyclic) bond motifs is 1. The van der Waals surface area contributed by atoms with E-state index in [1.54, 1.807) is 0 Å². The number of pyridine rings is 1. The number of anilines is 1. The molecule has 17 heavy (non-hydrogen) atoms. The molecule has 0 fully saturated rings. The van der Waals surface area contributed by atoms with E-state index in [0.717, 1.165) is 27.9 Å². The third kappa shape index (κ3) is 1.86. The van der Waals surface area contributed by atoms with Gasteiger partial charge < -0.3 is 5.73 Å². The van der Waals surface area contributed by atoms with E-state index in [4.69, 9.17) is 5.73 Å². The van der Waals surface area contributed by atoms with E-state index >= 15 is 0 Å². The molecule has 2 nitrogen and oxygen atoms in total. The largest absolute Gasteiger partial charge is 0.398 e. The maximum atomic E-state index is 13.3. The van der Waals surface area contributed by atoms with Crippen LogP contribution < -0.4 is 5.73 Å². The molecule has 0 spiro atoms. The fourth-order valence-corrected chi connectivity index (χ4v) is 2.46. The van der Waals surface area contributed by atoms with Crippen molar-refractivity contribution in [2.24, 2.45) is 0 Å². The zero-order valence-corrected chi connectivity index (χ0v) is 10.6. The van der Waals surface area contributed by atoms with Gasteiger partial charge in [0.15, 0.2) is 0 Å². The first-order valence-corrected chi connectivity index (χ1v) is 5.77. The quantitative estimate of drug-likeness (QED) is 0.814. The van der Waals surface area contributed by atoms with Gasteiger partial charge in [-0.05, 0) is 37.0 Å². The van der Waals surface area contributed by atoms with Gasteiger partial charge in [0, 0.05) is 22.8 Å². The van der Waals surface area contributed by atoms with Crippen molar-refractivity contribution in [1.29, 1.82) is 0 Å². The third-order valence-electron chi connectivity index (χ3n) is 3.09. The Kier molecular flexibility index (Phi) is 2.77. The van der Waals surface area contributed by atoms with Crippen LogP contribution in [-0.4, -0.2) is 4.98 Å². The maximum absolute atomic E-state index is 13.3. The Morgan fingerprint density at radius 1 is 1.24 bits per heavy atom. The van der Waals surface area contributed by atoms with Crippen LogP contribution in [0.25, 0.3) is 10.9 Å². The number of benzene rings is 1. The number of aryl methyl sites for hydroxylation is 2. The molecular formula is C14H17FN2. The lowest BCUT2D eigenvalue weighted by Crippen LogP contribution is -2.04. The number of nitrogens with zero attached hydrogens (tertiary/aromatic N) is 1. The van der Waals surface area contributed by atoms with Gasteiger partial charge in [0.2, 0.25) is 0 Å². The Hall–Kier alpha value is -1.64. The van der Waals surface area contributed by atoms with E-state index in [-0.39, 0.29) is 5.82 Å². The Morgan fingerprint density at radius 3 is 2.47 bits per heavy atom. The van der Waals surface area contributed by atoms with Crippen molar-refractivity contribution in [2.75, 3.05) is 5.73 Å².